The summed E-state index contributed by atoms with van der Waals surface area (Å²) in [5, 5.41) is 0. The number of allylic oxidation sites excluding steroid dienone is 1. The fourth-order valence-electron chi connectivity index (χ4n) is 2.69. The zero-order chi connectivity index (χ0) is 9.26. The lowest BCUT2D eigenvalue weighted by molar-refractivity contribution is -0.142. The number of hydrogen-bond donors (Lipinski definition) is 0. The number of cyclic esters (lactones) is 1. The van der Waals surface area contributed by atoms with Crippen LogP contribution < -0.4 is 0 Å². The third-order valence-electron chi connectivity index (χ3n) is 3.38. The molecule has 2 nitrogen and oxygen atoms in total. The molecular weight excluding hydrogens is 164 g/mol. The van der Waals surface area contributed by atoms with E-state index in [0.717, 1.165) is 12.8 Å². The van der Waals surface area contributed by atoms with Gasteiger partial charge in [-0.2, -0.15) is 0 Å². The second-order valence-electron chi connectivity index (χ2n) is 4.12. The van der Waals surface area contributed by atoms with Gasteiger partial charge >= 0.3 is 5.97 Å². The van der Waals surface area contributed by atoms with E-state index in [2.05, 4.69) is 6.58 Å². The molecule has 0 spiro atoms. The van der Waals surface area contributed by atoms with E-state index in [0.29, 0.717) is 18.4 Å². The molecule has 72 valence electrons. The van der Waals surface area contributed by atoms with Crippen LogP contribution in [-0.4, -0.2) is 12.6 Å². The molecule has 0 aromatic carbocycles. The van der Waals surface area contributed by atoms with Crippen molar-refractivity contribution in [3.05, 3.63) is 12.7 Å². The van der Waals surface area contributed by atoms with Gasteiger partial charge in [0.25, 0.3) is 0 Å². The van der Waals surface area contributed by atoms with Crippen molar-refractivity contribution in [2.24, 2.45) is 17.8 Å². The van der Waals surface area contributed by atoms with Crippen molar-refractivity contribution in [1.29, 1.82) is 0 Å². The lowest BCUT2D eigenvalue weighted by atomic mass is 9.89. The number of hydrogen-bond acceptors (Lipinski definition) is 2. The predicted molar refractivity (Wildman–Crippen MR) is 50.1 cm³/mol. The van der Waals surface area contributed by atoms with Crippen molar-refractivity contribution in [2.75, 3.05) is 6.61 Å². The summed E-state index contributed by atoms with van der Waals surface area (Å²) in [6.45, 7) is 4.38. The van der Waals surface area contributed by atoms with Crippen LogP contribution in [0.25, 0.3) is 0 Å². The highest BCUT2D eigenvalue weighted by Gasteiger charge is 2.46. The summed E-state index contributed by atoms with van der Waals surface area (Å²) in [4.78, 5) is 11.4. The second-order valence-corrected chi connectivity index (χ2v) is 4.12. The maximum Gasteiger partial charge on any atom is 0.309 e. The second kappa shape index (κ2) is 3.52. The van der Waals surface area contributed by atoms with Crippen LogP contribution in [0.15, 0.2) is 12.7 Å². The Morgan fingerprint density at radius 2 is 2.38 bits per heavy atom. The summed E-state index contributed by atoms with van der Waals surface area (Å²) >= 11 is 0. The maximum atomic E-state index is 11.4. The Morgan fingerprint density at radius 1 is 1.54 bits per heavy atom. The number of esters is 1. The van der Waals surface area contributed by atoms with Crippen molar-refractivity contribution < 1.29 is 9.53 Å². The maximum absolute atomic E-state index is 11.4. The third-order valence-corrected chi connectivity index (χ3v) is 3.38. The van der Waals surface area contributed by atoms with E-state index in [-0.39, 0.29) is 11.9 Å². The van der Waals surface area contributed by atoms with Crippen LogP contribution in [0.2, 0.25) is 0 Å². The number of ether oxygens (including phenoxy) is 1. The van der Waals surface area contributed by atoms with Gasteiger partial charge in [-0.25, -0.2) is 0 Å². The van der Waals surface area contributed by atoms with Crippen LogP contribution in [0.5, 0.6) is 0 Å². The Balaban J connectivity index is 1.97. The molecule has 0 amide bonds. The average Bonchev–Trinajstić information content (AvgIpc) is 2.67. The van der Waals surface area contributed by atoms with E-state index in [1.54, 1.807) is 0 Å². The van der Waals surface area contributed by atoms with Gasteiger partial charge < -0.3 is 4.74 Å². The monoisotopic (exact) mass is 180 g/mol. The molecule has 0 aromatic heterocycles. The zero-order valence-corrected chi connectivity index (χ0v) is 7.87. The third kappa shape index (κ3) is 1.50. The fourth-order valence-corrected chi connectivity index (χ4v) is 2.69. The largest absolute Gasteiger partial charge is 0.465 e. The molecular formula is C11H16O2. The normalized spacial score (nSPS) is 37.2. The zero-order valence-electron chi connectivity index (χ0n) is 7.87. The van der Waals surface area contributed by atoms with Gasteiger partial charge in [0.1, 0.15) is 0 Å². The fraction of sp³-hybridized carbons (Fsp3) is 0.727. The molecule has 0 bridgehead atoms. The highest BCUT2D eigenvalue weighted by atomic mass is 16.5. The molecule has 1 aliphatic heterocycles. The van der Waals surface area contributed by atoms with Crippen molar-refractivity contribution in [3.8, 4) is 0 Å². The van der Waals surface area contributed by atoms with Gasteiger partial charge in [0.05, 0.1) is 12.5 Å². The van der Waals surface area contributed by atoms with E-state index < -0.39 is 0 Å². The topological polar surface area (TPSA) is 26.3 Å². The smallest absolute Gasteiger partial charge is 0.309 e. The minimum Gasteiger partial charge on any atom is -0.465 e. The minimum absolute atomic E-state index is 0.0524. The standard InChI is InChI=1S/C11H16O2/c1-2-3-4-8-5-6-9-7-13-11(12)10(8)9/h2,8-10H,1,3-7H2/t8-,9+,10?/m0/s1. The lowest BCUT2D eigenvalue weighted by Crippen LogP contribution is -2.17. The van der Waals surface area contributed by atoms with Crippen LogP contribution in [-0.2, 0) is 9.53 Å². The molecule has 2 aliphatic rings. The molecule has 3 atom stereocenters. The summed E-state index contributed by atoms with van der Waals surface area (Å²) in [5.74, 6) is 1.37. The summed E-state index contributed by atoms with van der Waals surface area (Å²) in [7, 11) is 0. The van der Waals surface area contributed by atoms with Gasteiger partial charge in [-0.1, -0.05) is 6.08 Å². The molecule has 0 aromatic rings. The van der Waals surface area contributed by atoms with E-state index in [9.17, 15) is 4.79 Å². The first kappa shape index (κ1) is 8.79. The average molecular weight is 180 g/mol. The highest BCUT2D eigenvalue weighted by Crippen LogP contribution is 2.43. The van der Waals surface area contributed by atoms with Gasteiger partial charge in [0, 0.05) is 5.92 Å². The predicted octanol–water partition coefficient (Wildman–Crippen LogP) is 2.15. The van der Waals surface area contributed by atoms with Crippen LogP contribution in [0, 0.1) is 17.8 Å². The molecule has 2 heteroatoms. The van der Waals surface area contributed by atoms with Crippen molar-refractivity contribution in [2.45, 2.75) is 25.7 Å². The first-order valence-electron chi connectivity index (χ1n) is 5.10. The van der Waals surface area contributed by atoms with Crippen LogP contribution in [0.1, 0.15) is 25.7 Å². The molecule has 2 rings (SSSR count). The van der Waals surface area contributed by atoms with Crippen molar-refractivity contribution in [3.63, 3.8) is 0 Å². The summed E-state index contributed by atoms with van der Waals surface area (Å²) in [6.07, 6.45) is 6.46. The minimum atomic E-state index is 0.0524. The number of carbonyl (C=O) groups is 1. The lowest BCUT2D eigenvalue weighted by Gasteiger charge is -2.13. The first-order chi connectivity index (χ1) is 6.33. The Hall–Kier alpha value is -0.790. The number of fused-ring (bicyclic) bond motifs is 1. The molecule has 1 aliphatic carbocycles. The summed E-state index contributed by atoms with van der Waals surface area (Å²) in [6, 6.07) is 0. The van der Waals surface area contributed by atoms with E-state index in [1.807, 2.05) is 6.08 Å². The van der Waals surface area contributed by atoms with Crippen molar-refractivity contribution in [1.82, 2.24) is 0 Å². The quantitative estimate of drug-likeness (QED) is 0.491. The number of rotatable bonds is 3. The van der Waals surface area contributed by atoms with Crippen LogP contribution in [0.3, 0.4) is 0 Å². The van der Waals surface area contributed by atoms with Gasteiger partial charge in [-0.05, 0) is 31.6 Å². The number of carbonyl (C=O) groups excluding carboxylic acids is 1. The first-order valence-corrected chi connectivity index (χ1v) is 5.10. The molecule has 0 N–H and O–H groups in total. The van der Waals surface area contributed by atoms with Gasteiger partial charge in [0.2, 0.25) is 0 Å². The van der Waals surface area contributed by atoms with Gasteiger partial charge in [-0.3, -0.25) is 4.79 Å². The van der Waals surface area contributed by atoms with Gasteiger partial charge in [0.15, 0.2) is 0 Å². The van der Waals surface area contributed by atoms with Crippen LogP contribution >= 0.6 is 0 Å². The molecule has 1 unspecified atom stereocenters. The molecule has 1 saturated heterocycles. The van der Waals surface area contributed by atoms with E-state index >= 15 is 0 Å². The Kier molecular flexibility index (Phi) is 2.38. The Bertz CT molecular complexity index is 222. The van der Waals surface area contributed by atoms with E-state index in [4.69, 9.17) is 4.74 Å². The molecule has 2 fully saturated rings. The summed E-state index contributed by atoms with van der Waals surface area (Å²) < 4.78 is 5.07. The Labute approximate surface area is 79.0 Å². The van der Waals surface area contributed by atoms with Crippen LogP contribution in [0.4, 0.5) is 0 Å². The summed E-state index contributed by atoms with van der Waals surface area (Å²) in [5.41, 5.74) is 0. The SMILES string of the molecule is C=CCC[C@H]1CC[C@@H]2COC(=O)C12. The molecule has 13 heavy (non-hydrogen) atoms. The highest BCUT2D eigenvalue weighted by molar-refractivity contribution is 5.75. The Morgan fingerprint density at radius 3 is 3.15 bits per heavy atom. The van der Waals surface area contributed by atoms with Crippen molar-refractivity contribution >= 4 is 5.97 Å². The van der Waals surface area contributed by atoms with E-state index in [1.165, 1.54) is 12.8 Å². The molecule has 1 saturated carbocycles. The molecule has 0 radical (unpaired) electrons. The molecule has 1 heterocycles. The van der Waals surface area contributed by atoms with Gasteiger partial charge in [-0.15, -0.1) is 6.58 Å².